The third-order valence-corrected chi connectivity index (χ3v) is 13.3. The number of carbonyl (C=O) groups is 2. The van der Waals surface area contributed by atoms with Crippen molar-refractivity contribution in [3.05, 3.63) is 154 Å². The SMILES string of the molecule is CNC(=O)CO[C@@H]1[C@H](OP(OCCC#N)N(C(C)C)C(C)C)[C@@H](COC(c2ccccc2)(c2ccc(OC)cc2)c2ccc(OC)cc2)O[C@H]1n1cc(C)c(NC(=O)c2ccccc2)nc1=O. The van der Waals surface area contributed by atoms with Gasteiger partial charge < -0.3 is 43.4 Å². The van der Waals surface area contributed by atoms with Crippen molar-refractivity contribution in [1.82, 2.24) is 19.5 Å². The topological polar surface area (TPSA) is 185 Å². The Morgan fingerprint density at radius 1 is 0.866 bits per heavy atom. The zero-order chi connectivity index (χ0) is 48.1. The van der Waals surface area contributed by atoms with Gasteiger partial charge >= 0.3 is 5.69 Å². The summed E-state index contributed by atoms with van der Waals surface area (Å²) in [5, 5.41) is 14.9. The number of carbonyl (C=O) groups excluding carboxylic acids is 2. The van der Waals surface area contributed by atoms with E-state index in [-0.39, 0.29) is 37.5 Å². The highest BCUT2D eigenvalue weighted by atomic mass is 31.2. The molecule has 2 N–H and O–H groups in total. The van der Waals surface area contributed by atoms with Crippen molar-refractivity contribution in [2.24, 2.45) is 0 Å². The second-order valence-corrected chi connectivity index (χ2v) is 17.6. The summed E-state index contributed by atoms with van der Waals surface area (Å²) in [6, 6.07) is 35.5. The van der Waals surface area contributed by atoms with Crippen molar-refractivity contribution in [2.45, 2.75) is 83.3 Å². The van der Waals surface area contributed by atoms with E-state index in [2.05, 4.69) is 26.4 Å². The predicted octanol–water partition coefficient (Wildman–Crippen LogP) is 7.52. The molecule has 0 aliphatic carbocycles. The summed E-state index contributed by atoms with van der Waals surface area (Å²) in [6.07, 6.45) is -2.82. The van der Waals surface area contributed by atoms with E-state index in [1.807, 2.05) is 107 Å². The number of rotatable bonds is 22. The summed E-state index contributed by atoms with van der Waals surface area (Å²) in [5.74, 6) is 0.490. The molecule has 5 aromatic rings. The fraction of sp³-hybridized carbons (Fsp3) is 0.380. The molecule has 1 saturated heterocycles. The third-order valence-electron chi connectivity index (χ3n) is 11.2. The molecular formula is C50H59N6O10P. The van der Waals surface area contributed by atoms with Gasteiger partial charge in [-0.15, -0.1) is 0 Å². The van der Waals surface area contributed by atoms with E-state index < -0.39 is 62.8 Å². The highest BCUT2D eigenvalue weighted by molar-refractivity contribution is 7.44. The maximum Gasteiger partial charge on any atom is 0.351 e. The van der Waals surface area contributed by atoms with Crippen LogP contribution in [0.2, 0.25) is 0 Å². The summed E-state index contributed by atoms with van der Waals surface area (Å²) in [6.45, 7) is 9.27. The highest BCUT2D eigenvalue weighted by Gasteiger charge is 2.52. The van der Waals surface area contributed by atoms with Crippen molar-refractivity contribution >= 4 is 26.2 Å². The molecule has 0 bridgehead atoms. The van der Waals surface area contributed by atoms with Crippen LogP contribution in [0, 0.1) is 18.3 Å². The molecular weight excluding hydrogens is 876 g/mol. The van der Waals surface area contributed by atoms with Gasteiger partial charge in [0.1, 0.15) is 47.8 Å². The molecule has 1 unspecified atom stereocenters. The van der Waals surface area contributed by atoms with E-state index in [9.17, 15) is 19.6 Å². The number of benzene rings is 4. The first kappa shape index (κ1) is 50.4. The van der Waals surface area contributed by atoms with Gasteiger partial charge in [0.15, 0.2) is 6.23 Å². The first-order chi connectivity index (χ1) is 32.3. The standard InChI is InChI=1S/C50H59N6O10P/c1-33(2)56(34(3)4)67(64-29-15-28-51)66-44-42(31-63-50(37-18-13-10-14-19-37,38-20-24-40(60-7)25-21-38)39-22-26-41(61-8)27-23-39)65-48(45(44)62-32-43(57)52-6)55-30-35(5)46(54-49(55)59)53-47(58)36-16-11-9-12-17-36/h9-14,16-27,30,33-34,42,44-45,48H,15,29,31-32H2,1-8H3,(H,52,57)(H,53,54,58,59)/t42-,44-,45-,48-,67?/m1/s1. The number of ether oxygens (including phenoxy) is 5. The van der Waals surface area contributed by atoms with Crippen LogP contribution in [0.3, 0.4) is 0 Å². The van der Waals surface area contributed by atoms with Crippen LogP contribution in [0.1, 0.15) is 73.0 Å². The van der Waals surface area contributed by atoms with E-state index in [1.165, 1.54) is 17.8 Å². The fourth-order valence-electron chi connectivity index (χ4n) is 7.94. The molecule has 67 heavy (non-hydrogen) atoms. The molecule has 1 fully saturated rings. The van der Waals surface area contributed by atoms with Crippen molar-refractivity contribution in [1.29, 1.82) is 5.26 Å². The van der Waals surface area contributed by atoms with Gasteiger partial charge in [0, 0.05) is 36.5 Å². The number of aryl methyl sites for hydroxylation is 1. The highest BCUT2D eigenvalue weighted by Crippen LogP contribution is 2.51. The smallest absolute Gasteiger partial charge is 0.351 e. The van der Waals surface area contributed by atoms with Crippen LogP contribution in [0.15, 0.2) is 120 Å². The minimum atomic E-state index is -1.94. The second kappa shape index (κ2) is 23.6. The molecule has 1 aliphatic heterocycles. The Morgan fingerprint density at radius 2 is 1.43 bits per heavy atom. The lowest BCUT2D eigenvalue weighted by Crippen LogP contribution is -2.44. The molecule has 6 rings (SSSR count). The van der Waals surface area contributed by atoms with Gasteiger partial charge in [0.05, 0.1) is 39.9 Å². The quantitative estimate of drug-likeness (QED) is 0.0395. The molecule has 5 atom stereocenters. The summed E-state index contributed by atoms with van der Waals surface area (Å²) >= 11 is 0. The Morgan fingerprint density at radius 3 is 1.97 bits per heavy atom. The maximum absolute atomic E-state index is 14.2. The Labute approximate surface area is 393 Å². The Balaban J connectivity index is 1.51. The lowest BCUT2D eigenvalue weighted by atomic mass is 9.80. The van der Waals surface area contributed by atoms with E-state index in [4.69, 9.17) is 32.7 Å². The molecule has 16 nitrogen and oxygen atoms in total. The number of nitriles is 1. The predicted molar refractivity (Wildman–Crippen MR) is 254 cm³/mol. The van der Waals surface area contributed by atoms with Crippen molar-refractivity contribution in [3.63, 3.8) is 0 Å². The number of hydrogen-bond donors (Lipinski definition) is 2. The first-order valence-electron chi connectivity index (χ1n) is 22.0. The molecule has 0 saturated carbocycles. The van der Waals surface area contributed by atoms with E-state index in [0.717, 1.165) is 16.7 Å². The zero-order valence-electron chi connectivity index (χ0n) is 39.1. The minimum absolute atomic E-state index is 0.0640. The summed E-state index contributed by atoms with van der Waals surface area (Å²) in [7, 11) is 2.76. The minimum Gasteiger partial charge on any atom is -0.497 e. The van der Waals surface area contributed by atoms with Gasteiger partial charge in [-0.25, -0.2) is 9.46 Å². The van der Waals surface area contributed by atoms with Crippen LogP contribution in [-0.4, -0.2) is 97.5 Å². The largest absolute Gasteiger partial charge is 0.497 e. The number of amides is 2. The first-order valence-corrected chi connectivity index (χ1v) is 23.2. The van der Waals surface area contributed by atoms with Crippen molar-refractivity contribution in [2.75, 3.05) is 46.4 Å². The number of anilines is 1. The monoisotopic (exact) mass is 934 g/mol. The number of likely N-dealkylation sites (N-methyl/N-ethyl adjacent to an activating group) is 1. The fourth-order valence-corrected chi connectivity index (χ4v) is 9.71. The van der Waals surface area contributed by atoms with E-state index in [0.29, 0.717) is 22.6 Å². The average Bonchev–Trinajstić information content (AvgIpc) is 3.68. The lowest BCUT2D eigenvalue weighted by molar-refractivity contribution is -0.132. The summed E-state index contributed by atoms with van der Waals surface area (Å²) < 4.78 is 48.7. The lowest BCUT2D eigenvalue weighted by Gasteiger charge is -2.39. The van der Waals surface area contributed by atoms with Gasteiger partial charge in [-0.1, -0.05) is 72.8 Å². The van der Waals surface area contributed by atoms with E-state index >= 15 is 0 Å². The third kappa shape index (κ3) is 11.9. The Bertz CT molecular complexity index is 2430. The van der Waals surface area contributed by atoms with Crippen LogP contribution in [0.5, 0.6) is 11.5 Å². The average molecular weight is 935 g/mol. The van der Waals surface area contributed by atoms with Crippen LogP contribution in [0.4, 0.5) is 5.82 Å². The molecule has 4 aromatic carbocycles. The molecule has 1 aliphatic rings. The molecule has 2 heterocycles. The Kier molecular flexibility index (Phi) is 17.8. The number of nitrogens with one attached hydrogen (secondary N) is 2. The summed E-state index contributed by atoms with van der Waals surface area (Å²) in [5.41, 5.74) is 1.11. The van der Waals surface area contributed by atoms with Gasteiger partial charge in [0.2, 0.25) is 5.91 Å². The van der Waals surface area contributed by atoms with Crippen LogP contribution >= 0.6 is 8.53 Å². The molecule has 17 heteroatoms. The molecule has 1 aromatic heterocycles. The molecule has 354 valence electrons. The van der Waals surface area contributed by atoms with Gasteiger partial charge in [-0.05, 0) is 87.7 Å². The normalized spacial score (nSPS) is 17.6. The van der Waals surface area contributed by atoms with E-state index in [1.54, 1.807) is 51.5 Å². The Hall–Kier alpha value is -6.02. The number of nitrogens with zero attached hydrogens (tertiary/aromatic N) is 4. The zero-order valence-corrected chi connectivity index (χ0v) is 40.0. The number of methoxy groups -OCH3 is 2. The summed E-state index contributed by atoms with van der Waals surface area (Å²) in [4.78, 5) is 44.7. The number of aromatic nitrogens is 2. The van der Waals surface area contributed by atoms with Gasteiger partial charge in [0.25, 0.3) is 14.4 Å². The second-order valence-electron chi connectivity index (χ2n) is 16.2. The van der Waals surface area contributed by atoms with Gasteiger partial charge in [-0.2, -0.15) is 10.2 Å². The number of hydrogen-bond acceptors (Lipinski definition) is 13. The van der Waals surface area contributed by atoms with Crippen LogP contribution < -0.4 is 25.8 Å². The van der Waals surface area contributed by atoms with Gasteiger partial charge in [-0.3, -0.25) is 14.2 Å². The molecule has 2 amide bonds. The maximum atomic E-state index is 14.2. The van der Waals surface area contributed by atoms with Crippen molar-refractivity contribution in [3.8, 4) is 17.6 Å². The van der Waals surface area contributed by atoms with Crippen LogP contribution in [0.25, 0.3) is 0 Å². The van der Waals surface area contributed by atoms with Crippen molar-refractivity contribution < 1.29 is 42.3 Å². The molecule has 0 spiro atoms. The van der Waals surface area contributed by atoms with Crippen LogP contribution in [-0.2, 0) is 33.7 Å². The molecule has 0 radical (unpaired) electrons.